The minimum absolute atomic E-state index is 0.0452. The molecule has 1 aromatic rings. The fourth-order valence-corrected chi connectivity index (χ4v) is 2.43. The van der Waals surface area contributed by atoms with Crippen LogP contribution in [0.2, 0.25) is 0 Å². The number of fused-ring (bicyclic) bond motifs is 1. The third-order valence-corrected chi connectivity index (χ3v) is 4.18. The second-order valence-corrected chi connectivity index (χ2v) is 6.33. The molecule has 0 heterocycles. The smallest absolute Gasteiger partial charge is 0.344 e. The molecule has 0 spiro atoms. The fraction of sp³-hybridized carbons (Fsp3) is 0.556. The van der Waals surface area contributed by atoms with Gasteiger partial charge < -0.3 is 14.8 Å². The predicted octanol–water partition coefficient (Wildman–Crippen LogP) is 2.26. The molecule has 0 fully saturated rings. The van der Waals surface area contributed by atoms with Gasteiger partial charge in [0.1, 0.15) is 5.75 Å². The minimum Gasteiger partial charge on any atom is -0.482 e. The molecule has 0 bridgehead atoms. The molecule has 0 unspecified atom stereocenters. The highest BCUT2D eigenvalue weighted by molar-refractivity contribution is 5.81. The lowest BCUT2D eigenvalue weighted by atomic mass is 10.1. The molecular weight excluding hydrogens is 294 g/mol. The molecule has 1 N–H and O–H groups in total. The molecule has 2 rings (SSSR count). The monoisotopic (exact) mass is 319 g/mol. The SMILES string of the molecule is CC(C)[C@@H](C)NC(=O)COC(=O)COc1ccc2c(c1)CCC2. The Morgan fingerprint density at radius 3 is 2.61 bits per heavy atom. The zero-order valence-electron chi connectivity index (χ0n) is 14.1. The summed E-state index contributed by atoms with van der Waals surface area (Å²) < 4.78 is 10.4. The summed E-state index contributed by atoms with van der Waals surface area (Å²) in [6.45, 7) is 5.49. The van der Waals surface area contributed by atoms with Gasteiger partial charge in [-0.2, -0.15) is 0 Å². The van der Waals surface area contributed by atoms with Crippen molar-refractivity contribution < 1.29 is 19.1 Å². The maximum absolute atomic E-state index is 11.6. The maximum Gasteiger partial charge on any atom is 0.344 e. The van der Waals surface area contributed by atoms with Gasteiger partial charge in [-0.3, -0.25) is 4.79 Å². The van der Waals surface area contributed by atoms with Crippen LogP contribution < -0.4 is 10.1 Å². The Morgan fingerprint density at radius 2 is 1.87 bits per heavy atom. The third-order valence-electron chi connectivity index (χ3n) is 4.18. The van der Waals surface area contributed by atoms with Crippen LogP contribution in [0.5, 0.6) is 5.75 Å². The van der Waals surface area contributed by atoms with Crippen LogP contribution in [0.4, 0.5) is 0 Å². The van der Waals surface area contributed by atoms with E-state index in [1.165, 1.54) is 17.5 Å². The third kappa shape index (κ3) is 5.27. The van der Waals surface area contributed by atoms with Crippen molar-refractivity contribution in [3.63, 3.8) is 0 Å². The molecule has 23 heavy (non-hydrogen) atoms. The van der Waals surface area contributed by atoms with Crippen molar-refractivity contribution in [2.24, 2.45) is 5.92 Å². The summed E-state index contributed by atoms with van der Waals surface area (Å²) in [4.78, 5) is 23.3. The van der Waals surface area contributed by atoms with Crippen molar-refractivity contribution in [3.05, 3.63) is 29.3 Å². The first-order valence-electron chi connectivity index (χ1n) is 8.15. The van der Waals surface area contributed by atoms with E-state index in [-0.39, 0.29) is 25.2 Å². The number of ether oxygens (including phenoxy) is 2. The number of benzene rings is 1. The molecule has 1 amide bonds. The number of carbonyl (C=O) groups excluding carboxylic acids is 2. The van der Waals surface area contributed by atoms with Gasteiger partial charge in [-0.1, -0.05) is 19.9 Å². The number of nitrogens with one attached hydrogen (secondary N) is 1. The molecule has 5 heteroatoms. The molecule has 1 aromatic carbocycles. The molecule has 0 radical (unpaired) electrons. The molecular formula is C18H25NO4. The first-order chi connectivity index (χ1) is 11.0. The fourth-order valence-electron chi connectivity index (χ4n) is 2.43. The number of esters is 1. The average Bonchev–Trinajstić information content (AvgIpc) is 2.98. The van der Waals surface area contributed by atoms with Crippen LogP contribution in [0, 0.1) is 5.92 Å². The molecule has 126 valence electrons. The summed E-state index contributed by atoms with van der Waals surface area (Å²) >= 11 is 0. The Balaban J connectivity index is 1.70. The van der Waals surface area contributed by atoms with E-state index >= 15 is 0 Å². The summed E-state index contributed by atoms with van der Waals surface area (Å²) in [7, 11) is 0. The number of rotatable bonds is 7. The average molecular weight is 319 g/mol. The molecule has 0 aliphatic heterocycles. The summed E-state index contributed by atoms with van der Waals surface area (Å²) in [6.07, 6.45) is 3.34. The van der Waals surface area contributed by atoms with Crippen LogP contribution in [0.3, 0.4) is 0 Å². The second-order valence-electron chi connectivity index (χ2n) is 6.33. The van der Waals surface area contributed by atoms with Gasteiger partial charge in [0.25, 0.3) is 5.91 Å². The lowest BCUT2D eigenvalue weighted by molar-refractivity contribution is -0.150. The molecule has 5 nitrogen and oxygen atoms in total. The lowest BCUT2D eigenvalue weighted by Crippen LogP contribution is -2.39. The van der Waals surface area contributed by atoms with Gasteiger partial charge in [-0.25, -0.2) is 4.79 Å². The Labute approximate surface area is 137 Å². The number of aryl methyl sites for hydroxylation is 2. The van der Waals surface area contributed by atoms with Gasteiger partial charge in [0, 0.05) is 6.04 Å². The maximum atomic E-state index is 11.6. The molecule has 0 saturated carbocycles. The number of amides is 1. The first kappa shape index (κ1) is 17.3. The van der Waals surface area contributed by atoms with E-state index in [1.54, 1.807) is 0 Å². The van der Waals surface area contributed by atoms with E-state index in [9.17, 15) is 9.59 Å². The quantitative estimate of drug-likeness (QED) is 0.783. The van der Waals surface area contributed by atoms with Crippen molar-refractivity contribution in [3.8, 4) is 5.75 Å². The highest BCUT2D eigenvalue weighted by Gasteiger charge is 2.14. The van der Waals surface area contributed by atoms with Crippen molar-refractivity contribution in [2.45, 2.75) is 46.1 Å². The Kier molecular flexibility index (Phi) is 6.02. The van der Waals surface area contributed by atoms with E-state index < -0.39 is 5.97 Å². The van der Waals surface area contributed by atoms with Gasteiger partial charge >= 0.3 is 5.97 Å². The van der Waals surface area contributed by atoms with Crippen LogP contribution in [-0.2, 0) is 27.2 Å². The zero-order chi connectivity index (χ0) is 16.8. The Morgan fingerprint density at radius 1 is 1.13 bits per heavy atom. The van der Waals surface area contributed by atoms with E-state index in [1.807, 2.05) is 39.0 Å². The van der Waals surface area contributed by atoms with Crippen LogP contribution in [0.15, 0.2) is 18.2 Å². The highest BCUT2D eigenvalue weighted by atomic mass is 16.6. The molecule has 1 aliphatic rings. The van der Waals surface area contributed by atoms with E-state index in [0.29, 0.717) is 11.7 Å². The van der Waals surface area contributed by atoms with Gasteiger partial charge in [-0.15, -0.1) is 0 Å². The number of carbonyl (C=O) groups is 2. The van der Waals surface area contributed by atoms with Crippen molar-refractivity contribution in [2.75, 3.05) is 13.2 Å². The minimum atomic E-state index is -0.544. The summed E-state index contributed by atoms with van der Waals surface area (Å²) in [5, 5.41) is 2.78. The molecule has 1 atom stereocenters. The molecule has 0 aromatic heterocycles. The number of hydrogen-bond donors (Lipinski definition) is 1. The largest absolute Gasteiger partial charge is 0.482 e. The summed E-state index contributed by atoms with van der Waals surface area (Å²) in [5.41, 5.74) is 2.65. The van der Waals surface area contributed by atoms with Crippen LogP contribution in [-0.4, -0.2) is 31.1 Å². The van der Waals surface area contributed by atoms with Gasteiger partial charge in [-0.05, 0) is 55.4 Å². The first-order valence-corrected chi connectivity index (χ1v) is 8.15. The number of hydrogen-bond acceptors (Lipinski definition) is 4. The summed E-state index contributed by atoms with van der Waals surface area (Å²) in [5.74, 6) is 0.160. The van der Waals surface area contributed by atoms with E-state index in [2.05, 4.69) is 5.32 Å². The topological polar surface area (TPSA) is 64.6 Å². The van der Waals surface area contributed by atoms with Crippen molar-refractivity contribution in [1.29, 1.82) is 0 Å². The second kappa shape index (κ2) is 7.99. The molecule has 0 saturated heterocycles. The van der Waals surface area contributed by atoms with Crippen LogP contribution in [0.1, 0.15) is 38.3 Å². The van der Waals surface area contributed by atoms with Crippen molar-refractivity contribution in [1.82, 2.24) is 5.32 Å². The van der Waals surface area contributed by atoms with Crippen LogP contribution in [0.25, 0.3) is 0 Å². The van der Waals surface area contributed by atoms with Crippen LogP contribution >= 0.6 is 0 Å². The highest BCUT2D eigenvalue weighted by Crippen LogP contribution is 2.25. The lowest BCUT2D eigenvalue weighted by Gasteiger charge is -2.17. The van der Waals surface area contributed by atoms with Gasteiger partial charge in [0.15, 0.2) is 13.2 Å². The van der Waals surface area contributed by atoms with E-state index in [4.69, 9.17) is 9.47 Å². The Hall–Kier alpha value is -2.04. The van der Waals surface area contributed by atoms with E-state index in [0.717, 1.165) is 12.8 Å². The normalized spacial score (nSPS) is 14.3. The van der Waals surface area contributed by atoms with Crippen molar-refractivity contribution >= 4 is 11.9 Å². The standard InChI is InChI=1S/C18H25NO4/c1-12(2)13(3)19-17(20)10-23-18(21)11-22-16-8-7-14-5-4-6-15(14)9-16/h7-9,12-13H,4-6,10-11H2,1-3H3,(H,19,20)/t13-/m1/s1. The zero-order valence-corrected chi connectivity index (χ0v) is 14.1. The predicted molar refractivity (Wildman–Crippen MR) is 87.4 cm³/mol. The van der Waals surface area contributed by atoms with Gasteiger partial charge in [0.05, 0.1) is 0 Å². The summed E-state index contributed by atoms with van der Waals surface area (Å²) in [6, 6.07) is 5.94. The Bertz CT molecular complexity index is 568. The molecule has 1 aliphatic carbocycles. The van der Waals surface area contributed by atoms with Gasteiger partial charge in [0.2, 0.25) is 0 Å².